The van der Waals surface area contributed by atoms with Crippen LogP contribution in [0.5, 0.6) is 5.75 Å². The summed E-state index contributed by atoms with van der Waals surface area (Å²) < 4.78 is 24.0. The fourth-order valence-electron chi connectivity index (χ4n) is 2.66. The summed E-state index contributed by atoms with van der Waals surface area (Å²) in [5.74, 6) is -1.06. The molecule has 0 atom stereocenters. The Morgan fingerprint density at radius 3 is 2.31 bits per heavy atom. The Kier molecular flexibility index (Phi) is 6.95. The summed E-state index contributed by atoms with van der Waals surface area (Å²) >= 11 is 0. The van der Waals surface area contributed by atoms with E-state index in [0.717, 1.165) is 11.1 Å². The van der Waals surface area contributed by atoms with E-state index in [1.165, 1.54) is 6.07 Å². The van der Waals surface area contributed by atoms with Crippen LogP contribution < -0.4 is 10.1 Å². The van der Waals surface area contributed by atoms with Gasteiger partial charge in [0.25, 0.3) is 5.91 Å². The minimum absolute atomic E-state index is 0.0179. The van der Waals surface area contributed by atoms with Gasteiger partial charge in [-0.3, -0.25) is 4.79 Å². The van der Waals surface area contributed by atoms with Crippen LogP contribution in [0.2, 0.25) is 0 Å². The number of nitrogens with one attached hydrogen (secondary N) is 1. The minimum atomic E-state index is -0.672. The molecule has 3 aromatic rings. The lowest BCUT2D eigenvalue weighted by molar-refractivity contribution is -0.150. The maximum absolute atomic E-state index is 13.5. The van der Waals surface area contributed by atoms with Crippen LogP contribution in [0.1, 0.15) is 5.56 Å². The molecule has 0 bridgehead atoms. The van der Waals surface area contributed by atoms with Crippen molar-refractivity contribution in [2.24, 2.45) is 0 Å². The summed E-state index contributed by atoms with van der Waals surface area (Å²) in [5, 5.41) is 2.50. The zero-order valence-electron chi connectivity index (χ0n) is 15.6. The van der Waals surface area contributed by atoms with Crippen molar-refractivity contribution in [3.05, 3.63) is 90.2 Å². The first kappa shape index (κ1) is 20.1. The minimum Gasteiger partial charge on any atom is -0.481 e. The van der Waals surface area contributed by atoms with Crippen molar-refractivity contribution in [1.82, 2.24) is 5.32 Å². The molecule has 5 nitrogen and oxygen atoms in total. The van der Waals surface area contributed by atoms with Crippen LogP contribution in [-0.4, -0.2) is 25.1 Å². The van der Waals surface area contributed by atoms with Crippen LogP contribution in [0.15, 0.2) is 78.9 Å². The Morgan fingerprint density at radius 1 is 0.828 bits per heavy atom. The highest BCUT2D eigenvalue weighted by Crippen LogP contribution is 2.29. The molecule has 3 rings (SSSR count). The Bertz CT molecular complexity index is 975. The molecule has 0 aliphatic carbocycles. The molecule has 0 aliphatic rings. The van der Waals surface area contributed by atoms with Crippen LogP contribution in [0.3, 0.4) is 0 Å². The van der Waals surface area contributed by atoms with E-state index in [2.05, 4.69) is 5.32 Å². The van der Waals surface area contributed by atoms with Crippen LogP contribution in [0, 0.1) is 5.82 Å². The monoisotopic (exact) mass is 393 g/mol. The van der Waals surface area contributed by atoms with Gasteiger partial charge in [0.15, 0.2) is 13.2 Å². The summed E-state index contributed by atoms with van der Waals surface area (Å²) in [4.78, 5) is 23.7. The molecule has 148 valence electrons. The number of amides is 1. The Morgan fingerprint density at radius 2 is 1.52 bits per heavy atom. The largest absolute Gasteiger partial charge is 0.481 e. The lowest BCUT2D eigenvalue weighted by Gasteiger charge is -2.11. The molecule has 3 aromatic carbocycles. The van der Waals surface area contributed by atoms with Crippen LogP contribution in [-0.2, 0) is 20.9 Å². The molecule has 0 heterocycles. The third kappa shape index (κ3) is 5.90. The molecule has 0 unspecified atom stereocenters. The number of rotatable bonds is 8. The first-order chi connectivity index (χ1) is 14.1. The zero-order chi connectivity index (χ0) is 20.5. The summed E-state index contributed by atoms with van der Waals surface area (Å²) in [6, 6.07) is 23.1. The van der Waals surface area contributed by atoms with E-state index in [0.29, 0.717) is 11.3 Å². The fraction of sp³-hybridized carbons (Fsp3) is 0.130. The van der Waals surface area contributed by atoms with Crippen molar-refractivity contribution in [3.8, 4) is 16.9 Å². The van der Waals surface area contributed by atoms with E-state index in [1.807, 2.05) is 48.5 Å². The van der Waals surface area contributed by atoms with Gasteiger partial charge >= 0.3 is 5.97 Å². The average molecular weight is 393 g/mol. The van der Waals surface area contributed by atoms with Crippen LogP contribution >= 0.6 is 0 Å². The SMILES string of the molecule is O=C(COC(=O)COc1ccccc1-c1ccccc1)NCc1ccccc1F. The number of hydrogen-bond acceptors (Lipinski definition) is 4. The Balaban J connectivity index is 1.46. The quantitative estimate of drug-likeness (QED) is 0.593. The van der Waals surface area contributed by atoms with E-state index in [-0.39, 0.29) is 13.2 Å². The molecule has 0 radical (unpaired) electrons. The van der Waals surface area contributed by atoms with E-state index in [4.69, 9.17) is 9.47 Å². The van der Waals surface area contributed by atoms with Crippen LogP contribution in [0.4, 0.5) is 4.39 Å². The number of para-hydroxylation sites is 1. The topological polar surface area (TPSA) is 64.6 Å². The van der Waals surface area contributed by atoms with E-state index >= 15 is 0 Å². The standard InChI is InChI=1S/C23H20FNO4/c24-20-12-6-4-10-18(20)14-25-22(26)15-29-23(27)16-28-21-13-7-5-11-19(21)17-8-2-1-3-9-17/h1-13H,14-16H2,(H,25,26). The first-order valence-electron chi connectivity index (χ1n) is 9.06. The molecule has 29 heavy (non-hydrogen) atoms. The number of ether oxygens (including phenoxy) is 2. The van der Waals surface area contributed by atoms with Crippen molar-refractivity contribution < 1.29 is 23.5 Å². The highest BCUT2D eigenvalue weighted by Gasteiger charge is 2.11. The number of benzene rings is 3. The van der Waals surface area contributed by atoms with E-state index < -0.39 is 24.3 Å². The highest BCUT2D eigenvalue weighted by atomic mass is 19.1. The number of carbonyl (C=O) groups is 2. The van der Waals surface area contributed by atoms with E-state index in [1.54, 1.807) is 24.3 Å². The van der Waals surface area contributed by atoms with Gasteiger partial charge in [-0.05, 0) is 17.7 Å². The second-order valence-corrected chi connectivity index (χ2v) is 6.18. The van der Waals surface area contributed by atoms with Gasteiger partial charge in [-0.25, -0.2) is 9.18 Å². The maximum atomic E-state index is 13.5. The highest BCUT2D eigenvalue weighted by molar-refractivity contribution is 5.81. The Hall–Kier alpha value is -3.67. The van der Waals surface area contributed by atoms with Gasteiger partial charge in [0.2, 0.25) is 0 Å². The first-order valence-corrected chi connectivity index (χ1v) is 9.06. The van der Waals surface area contributed by atoms with Gasteiger partial charge in [-0.15, -0.1) is 0 Å². The average Bonchev–Trinajstić information content (AvgIpc) is 2.76. The van der Waals surface area contributed by atoms with Gasteiger partial charge in [-0.1, -0.05) is 66.7 Å². The predicted molar refractivity (Wildman–Crippen MR) is 107 cm³/mol. The summed E-state index contributed by atoms with van der Waals surface area (Å²) in [6.07, 6.45) is 0. The Labute approximate surface area is 168 Å². The molecule has 6 heteroatoms. The van der Waals surface area contributed by atoms with Crippen LogP contribution in [0.25, 0.3) is 11.1 Å². The summed E-state index contributed by atoms with van der Waals surface area (Å²) in [6.45, 7) is -0.772. The van der Waals surface area contributed by atoms with Crippen molar-refractivity contribution in [3.63, 3.8) is 0 Å². The molecular formula is C23H20FNO4. The number of halogens is 1. The van der Waals surface area contributed by atoms with Crippen molar-refractivity contribution >= 4 is 11.9 Å². The van der Waals surface area contributed by atoms with Gasteiger partial charge in [-0.2, -0.15) is 0 Å². The molecule has 0 aromatic heterocycles. The zero-order valence-corrected chi connectivity index (χ0v) is 15.6. The van der Waals surface area contributed by atoms with Crippen molar-refractivity contribution in [2.75, 3.05) is 13.2 Å². The van der Waals surface area contributed by atoms with E-state index in [9.17, 15) is 14.0 Å². The van der Waals surface area contributed by atoms with Gasteiger partial charge < -0.3 is 14.8 Å². The molecule has 0 saturated heterocycles. The van der Waals surface area contributed by atoms with Gasteiger partial charge in [0, 0.05) is 17.7 Å². The van der Waals surface area contributed by atoms with Crippen molar-refractivity contribution in [1.29, 1.82) is 0 Å². The van der Waals surface area contributed by atoms with Gasteiger partial charge in [0.05, 0.1) is 0 Å². The fourth-order valence-corrected chi connectivity index (χ4v) is 2.66. The molecule has 0 spiro atoms. The lowest BCUT2D eigenvalue weighted by atomic mass is 10.1. The summed E-state index contributed by atoms with van der Waals surface area (Å²) in [5.41, 5.74) is 2.17. The van der Waals surface area contributed by atoms with Crippen molar-refractivity contribution in [2.45, 2.75) is 6.54 Å². The molecule has 0 saturated carbocycles. The smallest absolute Gasteiger partial charge is 0.344 e. The number of esters is 1. The molecule has 0 aliphatic heterocycles. The molecule has 1 N–H and O–H groups in total. The summed E-state index contributed by atoms with van der Waals surface area (Å²) in [7, 11) is 0. The van der Waals surface area contributed by atoms with Gasteiger partial charge in [0.1, 0.15) is 11.6 Å². The maximum Gasteiger partial charge on any atom is 0.344 e. The predicted octanol–water partition coefficient (Wildman–Crippen LogP) is 3.73. The number of carbonyl (C=O) groups excluding carboxylic acids is 2. The third-order valence-corrected chi connectivity index (χ3v) is 4.12. The number of hydrogen-bond donors (Lipinski definition) is 1. The molecule has 0 fully saturated rings. The second kappa shape index (κ2) is 10.0. The lowest BCUT2D eigenvalue weighted by Crippen LogP contribution is -2.29. The third-order valence-electron chi connectivity index (χ3n) is 4.12. The second-order valence-electron chi connectivity index (χ2n) is 6.18. The molecule has 1 amide bonds. The normalized spacial score (nSPS) is 10.2. The molecular weight excluding hydrogens is 373 g/mol.